The van der Waals surface area contributed by atoms with E-state index in [-0.39, 0.29) is 6.04 Å². The molecule has 0 bridgehead atoms. The van der Waals surface area contributed by atoms with Gasteiger partial charge in [-0.05, 0) is 57.3 Å². The molecule has 140 valence electrons. The summed E-state index contributed by atoms with van der Waals surface area (Å²) in [6.07, 6.45) is 5.93. The highest BCUT2D eigenvalue weighted by Gasteiger charge is 2.24. The van der Waals surface area contributed by atoms with Crippen LogP contribution in [0.4, 0.5) is 0 Å². The number of benzene rings is 1. The summed E-state index contributed by atoms with van der Waals surface area (Å²) in [5.74, 6) is 1.78. The summed E-state index contributed by atoms with van der Waals surface area (Å²) in [5.41, 5.74) is 1.23. The van der Waals surface area contributed by atoms with Gasteiger partial charge in [0.15, 0.2) is 5.96 Å². The van der Waals surface area contributed by atoms with E-state index in [1.807, 2.05) is 30.9 Å². The van der Waals surface area contributed by atoms with Crippen molar-refractivity contribution in [3.05, 3.63) is 29.8 Å². The number of aliphatic imine (C=N–C) groups is 1. The SMILES string of the molecule is CN=C(NCC(c1cccc(OC)c1)N(C)C)NC1CCC(SC)C1. The summed E-state index contributed by atoms with van der Waals surface area (Å²) in [5, 5.41) is 7.86. The predicted molar refractivity (Wildman–Crippen MR) is 109 cm³/mol. The first kappa shape index (κ1) is 19.9. The molecular formula is C19H32N4OS. The number of nitrogens with zero attached hydrogens (tertiary/aromatic N) is 2. The van der Waals surface area contributed by atoms with E-state index in [4.69, 9.17) is 4.74 Å². The van der Waals surface area contributed by atoms with Gasteiger partial charge in [-0.2, -0.15) is 11.8 Å². The lowest BCUT2D eigenvalue weighted by Crippen LogP contribution is -2.45. The number of hydrogen-bond donors (Lipinski definition) is 2. The number of hydrogen-bond acceptors (Lipinski definition) is 4. The number of thioether (sulfide) groups is 1. The van der Waals surface area contributed by atoms with E-state index in [0.717, 1.165) is 23.5 Å². The second-order valence-electron chi connectivity index (χ2n) is 6.72. The summed E-state index contributed by atoms with van der Waals surface area (Å²) in [7, 11) is 7.74. The highest BCUT2D eigenvalue weighted by Crippen LogP contribution is 2.28. The zero-order chi connectivity index (χ0) is 18.2. The highest BCUT2D eigenvalue weighted by atomic mass is 32.2. The highest BCUT2D eigenvalue weighted by molar-refractivity contribution is 7.99. The van der Waals surface area contributed by atoms with Crippen molar-refractivity contribution in [2.45, 2.75) is 36.6 Å². The summed E-state index contributed by atoms with van der Waals surface area (Å²) in [6, 6.07) is 9.04. The zero-order valence-corrected chi connectivity index (χ0v) is 16.9. The minimum atomic E-state index is 0.246. The van der Waals surface area contributed by atoms with E-state index >= 15 is 0 Å². The van der Waals surface area contributed by atoms with Crippen LogP contribution in [-0.4, -0.2) is 63.2 Å². The second kappa shape index (κ2) is 9.92. The van der Waals surface area contributed by atoms with Gasteiger partial charge >= 0.3 is 0 Å². The van der Waals surface area contributed by atoms with Gasteiger partial charge in [0.25, 0.3) is 0 Å². The lowest BCUT2D eigenvalue weighted by molar-refractivity contribution is 0.297. The van der Waals surface area contributed by atoms with E-state index in [1.54, 1.807) is 7.11 Å². The molecule has 2 N–H and O–H groups in total. The maximum Gasteiger partial charge on any atom is 0.191 e. The summed E-state index contributed by atoms with van der Waals surface area (Å²) < 4.78 is 5.36. The van der Waals surface area contributed by atoms with Gasteiger partial charge in [0.1, 0.15) is 5.75 Å². The first-order valence-corrected chi connectivity index (χ1v) is 10.2. The average molecular weight is 365 g/mol. The Kier molecular flexibility index (Phi) is 7.90. The molecule has 0 aromatic heterocycles. The van der Waals surface area contributed by atoms with Crippen molar-refractivity contribution in [1.29, 1.82) is 0 Å². The Morgan fingerprint density at radius 1 is 1.40 bits per heavy atom. The molecule has 1 aromatic carbocycles. The molecule has 0 radical (unpaired) electrons. The van der Waals surface area contributed by atoms with Gasteiger partial charge in [0.2, 0.25) is 0 Å². The third kappa shape index (κ3) is 5.82. The first-order chi connectivity index (χ1) is 12.1. The predicted octanol–water partition coefficient (Wildman–Crippen LogP) is 2.75. The maximum absolute atomic E-state index is 5.36. The van der Waals surface area contributed by atoms with Gasteiger partial charge < -0.3 is 20.3 Å². The monoisotopic (exact) mass is 364 g/mol. The summed E-state index contributed by atoms with van der Waals surface area (Å²) in [6.45, 7) is 0.790. The van der Waals surface area contributed by atoms with Gasteiger partial charge in [0.05, 0.1) is 13.2 Å². The van der Waals surface area contributed by atoms with E-state index in [1.165, 1.54) is 24.8 Å². The Morgan fingerprint density at radius 2 is 2.20 bits per heavy atom. The van der Waals surface area contributed by atoms with Crippen LogP contribution in [0.3, 0.4) is 0 Å². The third-order valence-corrected chi connectivity index (χ3v) is 5.94. The topological polar surface area (TPSA) is 48.9 Å². The number of ether oxygens (including phenoxy) is 1. The molecule has 3 atom stereocenters. The molecule has 1 saturated carbocycles. The van der Waals surface area contributed by atoms with Gasteiger partial charge in [-0.15, -0.1) is 0 Å². The molecule has 5 nitrogen and oxygen atoms in total. The fourth-order valence-electron chi connectivity index (χ4n) is 3.31. The Labute approximate surface area is 156 Å². The van der Waals surface area contributed by atoms with Crippen LogP contribution in [0.2, 0.25) is 0 Å². The molecular weight excluding hydrogens is 332 g/mol. The van der Waals surface area contributed by atoms with Gasteiger partial charge in [-0.1, -0.05) is 12.1 Å². The Bertz CT molecular complexity index is 564. The average Bonchev–Trinajstić information content (AvgIpc) is 3.08. The van der Waals surface area contributed by atoms with Crippen LogP contribution >= 0.6 is 11.8 Å². The molecule has 1 aliphatic rings. The lowest BCUT2D eigenvalue weighted by atomic mass is 10.1. The van der Waals surface area contributed by atoms with Crippen molar-refractivity contribution in [3.63, 3.8) is 0 Å². The maximum atomic E-state index is 5.36. The fraction of sp³-hybridized carbons (Fsp3) is 0.632. The van der Waals surface area contributed by atoms with Crippen molar-refractivity contribution in [1.82, 2.24) is 15.5 Å². The van der Waals surface area contributed by atoms with Crippen molar-refractivity contribution in [3.8, 4) is 5.75 Å². The molecule has 1 aromatic rings. The number of methoxy groups -OCH3 is 1. The molecule has 25 heavy (non-hydrogen) atoms. The normalized spacial score (nSPS) is 22.1. The lowest BCUT2D eigenvalue weighted by Gasteiger charge is -2.27. The zero-order valence-electron chi connectivity index (χ0n) is 16.1. The van der Waals surface area contributed by atoms with Crippen LogP contribution in [0.5, 0.6) is 5.75 Å². The molecule has 2 rings (SSSR count). The summed E-state index contributed by atoms with van der Waals surface area (Å²) in [4.78, 5) is 6.62. The Morgan fingerprint density at radius 3 is 2.80 bits per heavy atom. The van der Waals surface area contributed by atoms with E-state index in [2.05, 4.69) is 53.0 Å². The van der Waals surface area contributed by atoms with Crippen LogP contribution in [0.1, 0.15) is 30.9 Å². The molecule has 6 heteroatoms. The molecule has 0 aliphatic heterocycles. The Hall–Kier alpha value is -1.40. The quantitative estimate of drug-likeness (QED) is 0.575. The molecule has 0 spiro atoms. The van der Waals surface area contributed by atoms with E-state index in [9.17, 15) is 0 Å². The second-order valence-corrected chi connectivity index (χ2v) is 7.86. The standard InChI is InChI=1S/C19H32N4OS/c1-20-19(22-15-9-10-17(12-15)25-5)21-13-18(23(2)3)14-7-6-8-16(11-14)24-4/h6-8,11,15,17-18H,9-10,12-13H2,1-5H3,(H2,20,21,22). The minimum absolute atomic E-state index is 0.246. The summed E-state index contributed by atoms with van der Waals surface area (Å²) >= 11 is 1.97. The molecule has 0 amide bonds. The molecule has 0 saturated heterocycles. The molecule has 1 fully saturated rings. The third-order valence-electron chi connectivity index (χ3n) is 4.85. The van der Waals surface area contributed by atoms with Crippen LogP contribution in [-0.2, 0) is 0 Å². The Balaban J connectivity index is 1.95. The number of guanidine groups is 1. The van der Waals surface area contributed by atoms with E-state index < -0.39 is 0 Å². The van der Waals surface area contributed by atoms with Crippen LogP contribution < -0.4 is 15.4 Å². The van der Waals surface area contributed by atoms with Gasteiger partial charge in [-0.3, -0.25) is 4.99 Å². The van der Waals surface area contributed by atoms with Crippen LogP contribution in [0.25, 0.3) is 0 Å². The van der Waals surface area contributed by atoms with Crippen molar-refractivity contribution < 1.29 is 4.74 Å². The molecule has 0 heterocycles. The van der Waals surface area contributed by atoms with Gasteiger partial charge in [-0.25, -0.2) is 0 Å². The minimum Gasteiger partial charge on any atom is -0.497 e. The van der Waals surface area contributed by atoms with E-state index in [0.29, 0.717) is 6.04 Å². The van der Waals surface area contributed by atoms with Crippen molar-refractivity contribution in [2.24, 2.45) is 4.99 Å². The van der Waals surface area contributed by atoms with Gasteiger partial charge in [0, 0.05) is 24.9 Å². The van der Waals surface area contributed by atoms with Crippen molar-refractivity contribution in [2.75, 3.05) is 41.1 Å². The number of rotatable bonds is 7. The first-order valence-electron chi connectivity index (χ1n) is 8.87. The van der Waals surface area contributed by atoms with Crippen LogP contribution in [0, 0.1) is 0 Å². The smallest absolute Gasteiger partial charge is 0.191 e. The molecule has 1 aliphatic carbocycles. The van der Waals surface area contributed by atoms with Crippen molar-refractivity contribution >= 4 is 17.7 Å². The number of nitrogens with one attached hydrogen (secondary N) is 2. The largest absolute Gasteiger partial charge is 0.497 e. The van der Waals surface area contributed by atoms with Crippen LogP contribution in [0.15, 0.2) is 29.3 Å². The number of likely N-dealkylation sites (N-methyl/N-ethyl adjacent to an activating group) is 1. The molecule has 3 unspecified atom stereocenters. The fourth-order valence-corrected chi connectivity index (χ4v) is 4.11.